The van der Waals surface area contributed by atoms with E-state index in [2.05, 4.69) is 4.98 Å². The molecule has 5 heteroatoms. The summed E-state index contributed by atoms with van der Waals surface area (Å²) in [5.74, 6) is 1.15. The molecule has 3 unspecified atom stereocenters. The van der Waals surface area contributed by atoms with Crippen molar-refractivity contribution in [3.8, 4) is 0 Å². The average Bonchev–Trinajstić information content (AvgIpc) is 3.14. The minimum absolute atomic E-state index is 0.163. The van der Waals surface area contributed by atoms with Crippen molar-refractivity contribution in [1.82, 2.24) is 9.55 Å². The number of rotatable bonds is 3. The van der Waals surface area contributed by atoms with Crippen LogP contribution in [0.1, 0.15) is 36.0 Å². The van der Waals surface area contributed by atoms with Crippen molar-refractivity contribution < 1.29 is 9.90 Å². The van der Waals surface area contributed by atoms with Gasteiger partial charge >= 0.3 is 11.7 Å². The van der Waals surface area contributed by atoms with Gasteiger partial charge in [0.1, 0.15) is 0 Å². The predicted molar refractivity (Wildman–Crippen MR) is 78.5 cm³/mol. The standard InChI is InChI=1S/C16H18N2O3/c19-15(20)12-2-1-3-13-14(12)17-16(21)18(13)8-11-7-9-4-5-10(11)6-9/h1-3,9-11H,4-8H2,(H,17,21)(H,19,20). The fourth-order valence-corrected chi connectivity index (χ4v) is 4.37. The van der Waals surface area contributed by atoms with Gasteiger partial charge in [0, 0.05) is 6.54 Å². The van der Waals surface area contributed by atoms with E-state index in [-0.39, 0.29) is 11.3 Å². The molecule has 0 spiro atoms. The van der Waals surface area contributed by atoms with E-state index in [0.29, 0.717) is 23.5 Å². The molecule has 2 fully saturated rings. The molecule has 2 aliphatic carbocycles. The van der Waals surface area contributed by atoms with Crippen molar-refractivity contribution in [2.75, 3.05) is 0 Å². The summed E-state index contributed by atoms with van der Waals surface area (Å²) >= 11 is 0. The van der Waals surface area contributed by atoms with Gasteiger partial charge in [-0.2, -0.15) is 0 Å². The SMILES string of the molecule is O=C(O)c1cccc2c1[nH]c(=O)n2CC1CC2CCC1C2. The van der Waals surface area contributed by atoms with Crippen LogP contribution < -0.4 is 5.69 Å². The van der Waals surface area contributed by atoms with Gasteiger partial charge in [-0.15, -0.1) is 0 Å². The van der Waals surface area contributed by atoms with Crippen LogP contribution in [0, 0.1) is 17.8 Å². The van der Waals surface area contributed by atoms with Crippen LogP contribution in [0.5, 0.6) is 0 Å². The quantitative estimate of drug-likeness (QED) is 0.910. The third-order valence-corrected chi connectivity index (χ3v) is 5.34. The van der Waals surface area contributed by atoms with Gasteiger partial charge in [0.05, 0.1) is 16.6 Å². The van der Waals surface area contributed by atoms with Gasteiger partial charge in [0.2, 0.25) is 0 Å². The number of aromatic amines is 1. The Morgan fingerprint density at radius 2 is 2.19 bits per heavy atom. The van der Waals surface area contributed by atoms with Gasteiger partial charge in [-0.25, -0.2) is 9.59 Å². The first kappa shape index (κ1) is 12.7. The average molecular weight is 286 g/mol. The highest BCUT2D eigenvalue weighted by atomic mass is 16.4. The minimum atomic E-state index is -1.01. The number of carboxylic acids is 1. The van der Waals surface area contributed by atoms with E-state index in [4.69, 9.17) is 0 Å². The highest BCUT2D eigenvalue weighted by Gasteiger charge is 2.39. The zero-order valence-electron chi connectivity index (χ0n) is 11.7. The molecule has 21 heavy (non-hydrogen) atoms. The number of aromatic nitrogens is 2. The largest absolute Gasteiger partial charge is 0.478 e. The van der Waals surface area contributed by atoms with E-state index in [1.54, 1.807) is 10.6 Å². The Labute approximate surface area is 121 Å². The fraction of sp³-hybridized carbons (Fsp3) is 0.500. The van der Waals surface area contributed by atoms with E-state index < -0.39 is 5.97 Å². The van der Waals surface area contributed by atoms with Crippen LogP contribution in [0.2, 0.25) is 0 Å². The number of para-hydroxylation sites is 1. The first-order valence-electron chi connectivity index (χ1n) is 7.58. The van der Waals surface area contributed by atoms with Gasteiger partial charge < -0.3 is 10.1 Å². The maximum atomic E-state index is 12.2. The molecule has 4 rings (SSSR count). The normalized spacial score (nSPS) is 27.5. The minimum Gasteiger partial charge on any atom is -0.478 e. The number of carbonyl (C=O) groups is 1. The van der Waals surface area contributed by atoms with Crippen LogP contribution in [0.3, 0.4) is 0 Å². The molecule has 1 aromatic heterocycles. The molecule has 2 saturated carbocycles. The lowest BCUT2D eigenvalue weighted by atomic mass is 9.89. The van der Waals surface area contributed by atoms with Crippen LogP contribution in [0.15, 0.2) is 23.0 Å². The molecular formula is C16H18N2O3. The second-order valence-electron chi connectivity index (χ2n) is 6.48. The molecule has 1 aromatic carbocycles. The molecule has 0 amide bonds. The first-order valence-corrected chi connectivity index (χ1v) is 7.58. The van der Waals surface area contributed by atoms with Gasteiger partial charge in [0.15, 0.2) is 0 Å². The molecular weight excluding hydrogens is 268 g/mol. The van der Waals surface area contributed by atoms with Crippen molar-refractivity contribution in [2.24, 2.45) is 17.8 Å². The summed E-state index contributed by atoms with van der Waals surface area (Å²) < 4.78 is 1.73. The Kier molecular flexibility index (Phi) is 2.71. The summed E-state index contributed by atoms with van der Waals surface area (Å²) in [5, 5.41) is 9.22. The molecule has 2 aliphatic rings. The lowest BCUT2D eigenvalue weighted by Crippen LogP contribution is -2.24. The van der Waals surface area contributed by atoms with Crippen molar-refractivity contribution in [3.05, 3.63) is 34.2 Å². The summed E-state index contributed by atoms with van der Waals surface area (Å²) in [6, 6.07) is 5.06. The molecule has 0 radical (unpaired) electrons. The Bertz CT molecular complexity index is 773. The number of aromatic carboxylic acids is 1. The monoisotopic (exact) mass is 286 g/mol. The van der Waals surface area contributed by atoms with Crippen LogP contribution in [-0.2, 0) is 6.54 Å². The second-order valence-corrected chi connectivity index (χ2v) is 6.48. The van der Waals surface area contributed by atoms with E-state index in [1.165, 1.54) is 31.7 Å². The van der Waals surface area contributed by atoms with E-state index in [9.17, 15) is 14.7 Å². The summed E-state index contributed by atoms with van der Waals surface area (Å²) in [7, 11) is 0. The van der Waals surface area contributed by atoms with E-state index in [0.717, 1.165) is 11.8 Å². The number of nitrogens with one attached hydrogen (secondary N) is 1. The summed E-state index contributed by atoms with van der Waals surface area (Å²) in [4.78, 5) is 26.2. The summed E-state index contributed by atoms with van der Waals surface area (Å²) in [6.07, 6.45) is 5.14. The summed E-state index contributed by atoms with van der Waals surface area (Å²) in [5.41, 5.74) is 1.12. The molecule has 2 aromatic rings. The maximum Gasteiger partial charge on any atom is 0.337 e. The van der Waals surface area contributed by atoms with Crippen LogP contribution in [0.25, 0.3) is 11.0 Å². The molecule has 0 aliphatic heterocycles. The second kappa shape index (κ2) is 4.48. The zero-order chi connectivity index (χ0) is 14.6. The third-order valence-electron chi connectivity index (χ3n) is 5.34. The van der Waals surface area contributed by atoms with E-state index in [1.807, 2.05) is 6.07 Å². The molecule has 0 saturated heterocycles. The number of imidazole rings is 1. The zero-order valence-corrected chi connectivity index (χ0v) is 11.7. The number of nitrogens with zero attached hydrogens (tertiary/aromatic N) is 1. The number of hydrogen-bond acceptors (Lipinski definition) is 2. The molecule has 2 bridgehead atoms. The Morgan fingerprint density at radius 1 is 1.33 bits per heavy atom. The van der Waals surface area contributed by atoms with Gasteiger partial charge in [0.25, 0.3) is 0 Å². The lowest BCUT2D eigenvalue weighted by Gasteiger charge is -2.21. The Balaban J connectivity index is 1.75. The first-order chi connectivity index (χ1) is 10.1. The van der Waals surface area contributed by atoms with Crippen molar-refractivity contribution >= 4 is 17.0 Å². The van der Waals surface area contributed by atoms with Crippen molar-refractivity contribution in [1.29, 1.82) is 0 Å². The molecule has 2 N–H and O–H groups in total. The topological polar surface area (TPSA) is 75.1 Å². The number of hydrogen-bond donors (Lipinski definition) is 2. The van der Waals surface area contributed by atoms with E-state index >= 15 is 0 Å². The third kappa shape index (κ3) is 1.91. The van der Waals surface area contributed by atoms with Gasteiger partial charge in [-0.3, -0.25) is 4.57 Å². The highest BCUT2D eigenvalue weighted by molar-refractivity contribution is 6.00. The highest BCUT2D eigenvalue weighted by Crippen LogP contribution is 2.48. The molecule has 3 atom stereocenters. The fourth-order valence-electron chi connectivity index (χ4n) is 4.37. The Morgan fingerprint density at radius 3 is 2.86 bits per heavy atom. The molecule has 1 heterocycles. The maximum absolute atomic E-state index is 12.2. The molecule has 5 nitrogen and oxygen atoms in total. The smallest absolute Gasteiger partial charge is 0.337 e. The summed E-state index contributed by atoms with van der Waals surface area (Å²) in [6.45, 7) is 0.711. The van der Waals surface area contributed by atoms with Crippen molar-refractivity contribution in [2.45, 2.75) is 32.2 Å². The lowest BCUT2D eigenvalue weighted by molar-refractivity contribution is 0.0699. The Hall–Kier alpha value is -2.04. The number of benzene rings is 1. The van der Waals surface area contributed by atoms with Crippen LogP contribution in [-0.4, -0.2) is 20.6 Å². The number of H-pyrrole nitrogens is 1. The van der Waals surface area contributed by atoms with Gasteiger partial charge in [-0.1, -0.05) is 12.5 Å². The molecule has 110 valence electrons. The van der Waals surface area contributed by atoms with Crippen LogP contribution in [0.4, 0.5) is 0 Å². The van der Waals surface area contributed by atoms with Crippen LogP contribution >= 0.6 is 0 Å². The van der Waals surface area contributed by atoms with Gasteiger partial charge in [-0.05, 0) is 49.1 Å². The number of fused-ring (bicyclic) bond motifs is 3. The predicted octanol–water partition coefficient (Wildman–Crippen LogP) is 2.46. The number of carboxylic acid groups (broad SMARTS) is 1. The van der Waals surface area contributed by atoms with Crippen molar-refractivity contribution in [3.63, 3.8) is 0 Å².